The summed E-state index contributed by atoms with van der Waals surface area (Å²) in [5, 5.41) is 0. The van der Waals surface area contributed by atoms with Crippen LogP contribution in [0.15, 0.2) is 18.5 Å². The van der Waals surface area contributed by atoms with E-state index < -0.39 is 0 Å². The van der Waals surface area contributed by atoms with Crippen LogP contribution in [-0.4, -0.2) is 4.98 Å². The quantitative estimate of drug-likeness (QED) is 0.691. The molecule has 0 aromatic carbocycles. The fourth-order valence-electron chi connectivity index (χ4n) is 2.38. The van der Waals surface area contributed by atoms with Gasteiger partial charge in [-0.2, -0.15) is 0 Å². The molecule has 14 heavy (non-hydrogen) atoms. The standard InChI is InChI=1S/C12H18N2/c13-12-9-14-8-7-11(12)10-5-3-1-2-4-6-10/h7-10H,1-6,13H2. The highest BCUT2D eigenvalue weighted by atomic mass is 14.7. The van der Waals surface area contributed by atoms with Crippen molar-refractivity contribution in [1.29, 1.82) is 0 Å². The summed E-state index contributed by atoms with van der Waals surface area (Å²) in [5.74, 6) is 0.681. The van der Waals surface area contributed by atoms with Gasteiger partial charge in [-0.15, -0.1) is 0 Å². The van der Waals surface area contributed by atoms with Crippen molar-refractivity contribution in [3.8, 4) is 0 Å². The molecule has 2 nitrogen and oxygen atoms in total. The minimum atomic E-state index is 0.681. The molecule has 0 unspecified atom stereocenters. The van der Waals surface area contributed by atoms with Crippen LogP contribution in [0.3, 0.4) is 0 Å². The van der Waals surface area contributed by atoms with Gasteiger partial charge >= 0.3 is 0 Å². The van der Waals surface area contributed by atoms with Crippen molar-refractivity contribution in [2.75, 3.05) is 5.73 Å². The summed E-state index contributed by atoms with van der Waals surface area (Å²) in [6, 6.07) is 2.09. The molecule has 76 valence electrons. The highest BCUT2D eigenvalue weighted by molar-refractivity contribution is 5.46. The van der Waals surface area contributed by atoms with Gasteiger partial charge in [0.05, 0.1) is 11.9 Å². The first-order chi connectivity index (χ1) is 6.88. The molecule has 1 heterocycles. The molecule has 0 aliphatic heterocycles. The molecule has 1 aromatic heterocycles. The van der Waals surface area contributed by atoms with E-state index in [4.69, 9.17) is 5.73 Å². The summed E-state index contributed by atoms with van der Waals surface area (Å²) in [7, 11) is 0. The maximum absolute atomic E-state index is 5.94. The Hall–Kier alpha value is -1.05. The van der Waals surface area contributed by atoms with Gasteiger partial charge in [-0.25, -0.2) is 0 Å². The van der Waals surface area contributed by atoms with Gasteiger partial charge in [0.1, 0.15) is 0 Å². The average molecular weight is 190 g/mol. The molecule has 2 rings (SSSR count). The first kappa shape index (κ1) is 9.50. The van der Waals surface area contributed by atoms with Crippen LogP contribution >= 0.6 is 0 Å². The number of pyridine rings is 1. The zero-order chi connectivity index (χ0) is 9.80. The molecule has 1 aromatic rings. The second-order valence-corrected chi connectivity index (χ2v) is 4.19. The van der Waals surface area contributed by atoms with E-state index in [-0.39, 0.29) is 0 Å². The molecule has 0 atom stereocenters. The number of hydrogen-bond acceptors (Lipinski definition) is 2. The smallest absolute Gasteiger partial charge is 0.0535 e. The Morgan fingerprint density at radius 3 is 2.50 bits per heavy atom. The Bertz CT molecular complexity index is 288. The third-order valence-corrected chi connectivity index (χ3v) is 3.18. The van der Waals surface area contributed by atoms with Gasteiger partial charge in [-0.1, -0.05) is 25.7 Å². The first-order valence-electron chi connectivity index (χ1n) is 5.57. The van der Waals surface area contributed by atoms with Crippen molar-refractivity contribution in [2.45, 2.75) is 44.4 Å². The SMILES string of the molecule is Nc1cnccc1C1CCCCCC1. The molecule has 2 heteroatoms. The van der Waals surface area contributed by atoms with E-state index in [1.165, 1.54) is 44.1 Å². The Kier molecular flexibility index (Phi) is 3.02. The van der Waals surface area contributed by atoms with Gasteiger partial charge in [-0.3, -0.25) is 4.98 Å². The largest absolute Gasteiger partial charge is 0.397 e. The third-order valence-electron chi connectivity index (χ3n) is 3.18. The van der Waals surface area contributed by atoms with Gasteiger partial charge in [-0.05, 0) is 30.4 Å². The van der Waals surface area contributed by atoms with Crippen molar-refractivity contribution in [2.24, 2.45) is 0 Å². The molecular formula is C12H18N2. The van der Waals surface area contributed by atoms with Crippen LogP contribution in [0.4, 0.5) is 5.69 Å². The third kappa shape index (κ3) is 2.06. The van der Waals surface area contributed by atoms with Crippen LogP contribution in [0.5, 0.6) is 0 Å². The number of hydrogen-bond donors (Lipinski definition) is 1. The van der Waals surface area contributed by atoms with Crippen molar-refractivity contribution in [1.82, 2.24) is 4.98 Å². The predicted octanol–water partition coefficient (Wildman–Crippen LogP) is 3.10. The highest BCUT2D eigenvalue weighted by Crippen LogP contribution is 2.33. The molecule has 1 fully saturated rings. The normalized spacial score (nSPS) is 19.1. The number of nitrogens with two attached hydrogens (primary N) is 1. The summed E-state index contributed by atoms with van der Waals surface area (Å²) >= 11 is 0. The van der Waals surface area contributed by atoms with Crippen molar-refractivity contribution >= 4 is 5.69 Å². The molecule has 0 spiro atoms. The van der Waals surface area contributed by atoms with E-state index >= 15 is 0 Å². The average Bonchev–Trinajstić information content (AvgIpc) is 2.47. The fourth-order valence-corrected chi connectivity index (χ4v) is 2.38. The number of nitrogen functional groups attached to an aromatic ring is 1. The minimum Gasteiger partial charge on any atom is -0.397 e. The Balaban J connectivity index is 2.16. The Morgan fingerprint density at radius 1 is 1.14 bits per heavy atom. The minimum absolute atomic E-state index is 0.681. The summed E-state index contributed by atoms with van der Waals surface area (Å²) in [6.07, 6.45) is 11.7. The molecular weight excluding hydrogens is 172 g/mol. The summed E-state index contributed by atoms with van der Waals surface area (Å²) in [6.45, 7) is 0. The molecule has 0 radical (unpaired) electrons. The second-order valence-electron chi connectivity index (χ2n) is 4.19. The summed E-state index contributed by atoms with van der Waals surface area (Å²) in [4.78, 5) is 4.04. The monoisotopic (exact) mass is 190 g/mol. The van der Waals surface area contributed by atoms with Crippen molar-refractivity contribution in [3.63, 3.8) is 0 Å². The van der Waals surface area contributed by atoms with E-state index in [0.717, 1.165) is 5.69 Å². The number of rotatable bonds is 1. The van der Waals surface area contributed by atoms with E-state index in [2.05, 4.69) is 11.1 Å². The molecule has 1 aliphatic rings. The van der Waals surface area contributed by atoms with Gasteiger partial charge in [0, 0.05) is 6.20 Å². The second kappa shape index (κ2) is 4.45. The highest BCUT2D eigenvalue weighted by Gasteiger charge is 2.15. The number of aromatic nitrogens is 1. The lowest BCUT2D eigenvalue weighted by Gasteiger charge is -2.15. The first-order valence-corrected chi connectivity index (χ1v) is 5.57. The number of nitrogens with zero attached hydrogens (tertiary/aromatic N) is 1. The summed E-state index contributed by atoms with van der Waals surface area (Å²) < 4.78 is 0. The van der Waals surface area contributed by atoms with Crippen LogP contribution < -0.4 is 5.73 Å². The van der Waals surface area contributed by atoms with Crippen LogP contribution in [0, 0.1) is 0 Å². The van der Waals surface area contributed by atoms with E-state index in [1.54, 1.807) is 6.20 Å². The molecule has 0 bridgehead atoms. The Labute approximate surface area is 85.5 Å². The van der Waals surface area contributed by atoms with E-state index in [0.29, 0.717) is 5.92 Å². The lowest BCUT2D eigenvalue weighted by atomic mass is 9.91. The molecule has 0 saturated heterocycles. The maximum Gasteiger partial charge on any atom is 0.0535 e. The molecule has 0 amide bonds. The van der Waals surface area contributed by atoms with Gasteiger partial charge in [0.15, 0.2) is 0 Å². The van der Waals surface area contributed by atoms with Gasteiger partial charge in [0.25, 0.3) is 0 Å². The molecule has 1 aliphatic carbocycles. The van der Waals surface area contributed by atoms with E-state index in [1.807, 2.05) is 6.20 Å². The van der Waals surface area contributed by atoms with Crippen LogP contribution in [0.2, 0.25) is 0 Å². The van der Waals surface area contributed by atoms with E-state index in [9.17, 15) is 0 Å². The van der Waals surface area contributed by atoms with Crippen molar-refractivity contribution < 1.29 is 0 Å². The molecule has 1 saturated carbocycles. The van der Waals surface area contributed by atoms with Gasteiger partial charge in [0.2, 0.25) is 0 Å². The van der Waals surface area contributed by atoms with Gasteiger partial charge < -0.3 is 5.73 Å². The zero-order valence-corrected chi connectivity index (χ0v) is 8.58. The molecule has 2 N–H and O–H groups in total. The van der Waals surface area contributed by atoms with Crippen LogP contribution in [-0.2, 0) is 0 Å². The van der Waals surface area contributed by atoms with Crippen molar-refractivity contribution in [3.05, 3.63) is 24.0 Å². The lowest BCUT2D eigenvalue weighted by Crippen LogP contribution is -2.02. The lowest BCUT2D eigenvalue weighted by molar-refractivity contribution is 0.593. The van der Waals surface area contributed by atoms with Crippen LogP contribution in [0.25, 0.3) is 0 Å². The number of anilines is 1. The predicted molar refractivity (Wildman–Crippen MR) is 59.1 cm³/mol. The fraction of sp³-hybridized carbons (Fsp3) is 0.583. The van der Waals surface area contributed by atoms with Crippen LogP contribution in [0.1, 0.15) is 50.0 Å². The Morgan fingerprint density at radius 2 is 1.86 bits per heavy atom. The zero-order valence-electron chi connectivity index (χ0n) is 8.58. The topological polar surface area (TPSA) is 38.9 Å². The summed E-state index contributed by atoms with van der Waals surface area (Å²) in [5.41, 5.74) is 8.14. The maximum atomic E-state index is 5.94.